The van der Waals surface area contributed by atoms with E-state index in [1.165, 1.54) is 19.3 Å². The molecule has 4 heteroatoms. The van der Waals surface area contributed by atoms with Gasteiger partial charge in [0.15, 0.2) is 0 Å². The van der Waals surface area contributed by atoms with E-state index in [-0.39, 0.29) is 16.7 Å². The summed E-state index contributed by atoms with van der Waals surface area (Å²) in [7, 11) is 1.77. The highest BCUT2D eigenvalue weighted by atomic mass is 32.2. The van der Waals surface area contributed by atoms with Crippen molar-refractivity contribution in [2.75, 3.05) is 12.0 Å². The Labute approximate surface area is 136 Å². The molecule has 1 amide bonds. The molecule has 0 unspecified atom stereocenters. The summed E-state index contributed by atoms with van der Waals surface area (Å²) < 4.78 is 6.10. The van der Waals surface area contributed by atoms with E-state index in [1.807, 2.05) is 47.0 Å². The molecule has 2 aliphatic heterocycles. The molecule has 3 aliphatic rings. The quantitative estimate of drug-likeness (QED) is 0.824. The zero-order valence-electron chi connectivity index (χ0n) is 13.5. The molecule has 1 aromatic carbocycles. The predicted molar refractivity (Wildman–Crippen MR) is 89.7 cm³/mol. The Kier molecular flexibility index (Phi) is 2.99. The number of thioether (sulfide) groups is 1. The van der Waals surface area contributed by atoms with Crippen molar-refractivity contribution in [1.82, 2.24) is 0 Å². The van der Waals surface area contributed by atoms with Crippen LogP contribution in [0.2, 0.25) is 0 Å². The number of anilines is 1. The molecule has 4 rings (SSSR count). The highest BCUT2D eigenvalue weighted by Gasteiger charge is 2.82. The molecule has 0 radical (unpaired) electrons. The topological polar surface area (TPSA) is 29.5 Å². The summed E-state index contributed by atoms with van der Waals surface area (Å²) in [5.41, 5.74) is 0.510. The van der Waals surface area contributed by atoms with E-state index in [4.69, 9.17) is 4.74 Å². The molecular weight excluding hydrogens is 294 g/mol. The van der Waals surface area contributed by atoms with Gasteiger partial charge >= 0.3 is 0 Å². The van der Waals surface area contributed by atoms with Gasteiger partial charge in [-0.2, -0.15) is 0 Å². The number of amides is 1. The van der Waals surface area contributed by atoms with Gasteiger partial charge in [-0.15, -0.1) is 0 Å². The number of rotatable bonds is 2. The van der Waals surface area contributed by atoms with E-state index in [0.29, 0.717) is 5.25 Å². The summed E-state index contributed by atoms with van der Waals surface area (Å²) in [4.78, 5) is 15.3. The average Bonchev–Trinajstić information content (AvgIpc) is 2.61. The van der Waals surface area contributed by atoms with Crippen LogP contribution in [0.5, 0.6) is 0 Å². The first kappa shape index (κ1) is 14.6. The molecule has 3 nitrogen and oxygen atoms in total. The third kappa shape index (κ3) is 1.37. The van der Waals surface area contributed by atoms with Crippen molar-refractivity contribution in [1.29, 1.82) is 0 Å². The minimum Gasteiger partial charge on any atom is -0.349 e. The van der Waals surface area contributed by atoms with Crippen molar-refractivity contribution in [3.05, 3.63) is 30.3 Å². The molecule has 3 fully saturated rings. The third-order valence-electron chi connectivity index (χ3n) is 6.14. The fraction of sp³-hybridized carbons (Fsp3) is 0.611. The second-order valence-corrected chi connectivity index (χ2v) is 8.57. The molecule has 118 valence electrons. The van der Waals surface area contributed by atoms with Gasteiger partial charge in [0.25, 0.3) is 0 Å². The number of methoxy groups -OCH3 is 1. The molecule has 22 heavy (non-hydrogen) atoms. The Morgan fingerprint density at radius 2 is 1.95 bits per heavy atom. The SMILES string of the molecule is CO[C@@]12S[C@@H]3CCCC[C@@]31C(C)(C)C(=O)N2c1ccccc1. The number of nitrogens with zero attached hydrogens (tertiary/aromatic N) is 1. The van der Waals surface area contributed by atoms with Crippen molar-refractivity contribution < 1.29 is 9.53 Å². The van der Waals surface area contributed by atoms with E-state index in [1.54, 1.807) is 7.11 Å². The molecule has 1 spiro atoms. The smallest absolute Gasteiger partial charge is 0.236 e. The molecule has 0 bridgehead atoms. The Balaban J connectivity index is 1.90. The summed E-state index contributed by atoms with van der Waals surface area (Å²) in [6, 6.07) is 10.0. The Hall–Kier alpha value is -1.00. The van der Waals surface area contributed by atoms with Gasteiger partial charge in [-0.1, -0.05) is 56.7 Å². The lowest BCUT2D eigenvalue weighted by Crippen LogP contribution is -2.69. The minimum atomic E-state index is -0.528. The van der Waals surface area contributed by atoms with Gasteiger partial charge in [0.05, 0.1) is 10.8 Å². The van der Waals surface area contributed by atoms with Gasteiger partial charge in [0, 0.05) is 18.0 Å². The van der Waals surface area contributed by atoms with E-state index in [2.05, 4.69) is 13.8 Å². The molecular formula is C18H23NO2S. The van der Waals surface area contributed by atoms with Gasteiger partial charge in [-0.25, -0.2) is 0 Å². The van der Waals surface area contributed by atoms with Crippen molar-refractivity contribution in [3.8, 4) is 0 Å². The van der Waals surface area contributed by atoms with Crippen LogP contribution in [-0.4, -0.2) is 23.3 Å². The summed E-state index contributed by atoms with van der Waals surface area (Å²) in [5.74, 6) is 0.206. The maximum Gasteiger partial charge on any atom is 0.236 e. The van der Waals surface area contributed by atoms with Crippen molar-refractivity contribution in [3.63, 3.8) is 0 Å². The van der Waals surface area contributed by atoms with E-state index < -0.39 is 5.06 Å². The van der Waals surface area contributed by atoms with Gasteiger partial charge in [-0.3, -0.25) is 9.69 Å². The second kappa shape index (κ2) is 4.51. The number of carbonyl (C=O) groups excluding carboxylic acids is 1. The Morgan fingerprint density at radius 3 is 2.59 bits per heavy atom. The van der Waals surface area contributed by atoms with Crippen LogP contribution in [0.4, 0.5) is 5.69 Å². The molecule has 3 atom stereocenters. The fourth-order valence-corrected chi connectivity index (χ4v) is 7.41. The zero-order valence-corrected chi connectivity index (χ0v) is 14.3. The van der Waals surface area contributed by atoms with E-state index >= 15 is 0 Å². The zero-order chi connectivity index (χ0) is 15.6. The van der Waals surface area contributed by atoms with Gasteiger partial charge < -0.3 is 4.74 Å². The predicted octanol–water partition coefficient (Wildman–Crippen LogP) is 4.04. The lowest BCUT2D eigenvalue weighted by Gasteiger charge is -2.65. The number of ether oxygens (including phenoxy) is 1. The monoisotopic (exact) mass is 317 g/mol. The highest BCUT2D eigenvalue weighted by Crippen LogP contribution is 2.78. The number of hydrogen-bond donors (Lipinski definition) is 0. The summed E-state index contributed by atoms with van der Waals surface area (Å²) in [6.07, 6.45) is 4.76. The van der Waals surface area contributed by atoms with Crippen LogP contribution in [-0.2, 0) is 9.53 Å². The third-order valence-corrected chi connectivity index (χ3v) is 8.10. The molecule has 1 aromatic rings. The first-order chi connectivity index (χ1) is 10.5. The first-order valence-electron chi connectivity index (χ1n) is 8.14. The van der Waals surface area contributed by atoms with Crippen molar-refractivity contribution in [2.24, 2.45) is 10.8 Å². The number of carbonyl (C=O) groups is 1. The number of para-hydroxylation sites is 1. The van der Waals surface area contributed by atoms with E-state index in [9.17, 15) is 4.79 Å². The first-order valence-corrected chi connectivity index (χ1v) is 9.02. The number of hydrogen-bond acceptors (Lipinski definition) is 3. The normalized spacial score (nSPS) is 39.1. The fourth-order valence-electron chi connectivity index (χ4n) is 5.05. The minimum absolute atomic E-state index is 0.0649. The van der Waals surface area contributed by atoms with Crippen LogP contribution in [0.25, 0.3) is 0 Å². The van der Waals surface area contributed by atoms with Crippen LogP contribution in [0.15, 0.2) is 30.3 Å². The van der Waals surface area contributed by atoms with Crippen LogP contribution < -0.4 is 4.90 Å². The maximum atomic E-state index is 13.3. The molecule has 2 heterocycles. The van der Waals surface area contributed by atoms with E-state index in [0.717, 1.165) is 12.1 Å². The molecule has 2 saturated heterocycles. The van der Waals surface area contributed by atoms with Gasteiger partial charge in [0.1, 0.15) is 0 Å². The molecule has 1 aliphatic carbocycles. The standard InChI is InChI=1S/C18H23NO2S/c1-16(2)15(20)19(13-9-5-4-6-10-13)18(21-3)17(16)12-8-7-11-14(17)22-18/h4-6,9-10,14H,7-8,11-12H2,1-3H3/t14-,17+,18-/m1/s1. The second-order valence-electron chi connectivity index (χ2n) is 7.21. The summed E-state index contributed by atoms with van der Waals surface area (Å²) >= 11 is 1.86. The van der Waals surface area contributed by atoms with Crippen LogP contribution >= 0.6 is 11.8 Å². The molecule has 0 aromatic heterocycles. The lowest BCUT2D eigenvalue weighted by atomic mass is 9.58. The van der Waals surface area contributed by atoms with Crippen LogP contribution in [0.3, 0.4) is 0 Å². The van der Waals surface area contributed by atoms with Crippen LogP contribution in [0, 0.1) is 10.8 Å². The highest BCUT2D eigenvalue weighted by molar-refractivity contribution is 8.02. The summed E-state index contributed by atoms with van der Waals surface area (Å²) in [5, 5.41) is 0.00823. The Morgan fingerprint density at radius 1 is 1.23 bits per heavy atom. The largest absolute Gasteiger partial charge is 0.349 e. The van der Waals surface area contributed by atoms with Crippen molar-refractivity contribution >= 4 is 23.4 Å². The Bertz CT molecular complexity index is 617. The maximum absolute atomic E-state index is 13.3. The van der Waals surface area contributed by atoms with Crippen LogP contribution in [0.1, 0.15) is 39.5 Å². The molecule has 0 N–H and O–H groups in total. The molecule has 1 saturated carbocycles. The van der Waals surface area contributed by atoms with Crippen molar-refractivity contribution in [2.45, 2.75) is 49.8 Å². The lowest BCUT2D eigenvalue weighted by molar-refractivity contribution is -0.132. The van der Waals surface area contributed by atoms with Gasteiger partial charge in [-0.05, 0) is 25.0 Å². The van der Waals surface area contributed by atoms with Gasteiger partial charge in [0.2, 0.25) is 11.0 Å². The average molecular weight is 317 g/mol. The number of benzene rings is 1. The summed E-state index contributed by atoms with van der Waals surface area (Å²) in [6.45, 7) is 4.26.